The Balaban J connectivity index is 1.63. The quantitative estimate of drug-likeness (QED) is 0.217. The third-order valence-electron chi connectivity index (χ3n) is 8.51. The van der Waals surface area contributed by atoms with Gasteiger partial charge in [-0.05, 0) is 49.9 Å². The van der Waals surface area contributed by atoms with Gasteiger partial charge in [-0.2, -0.15) is 0 Å². The second kappa shape index (κ2) is 9.23. The molecule has 0 aliphatic heterocycles. The molecule has 38 heavy (non-hydrogen) atoms. The Morgan fingerprint density at radius 2 is 1.03 bits per heavy atom. The average Bonchev–Trinajstić information content (AvgIpc) is 3.49. The summed E-state index contributed by atoms with van der Waals surface area (Å²) in [6.45, 7) is 0. The van der Waals surface area contributed by atoms with E-state index in [-0.39, 0.29) is 57.9 Å². The highest BCUT2D eigenvalue weighted by molar-refractivity contribution is 6.33. The first-order valence-electron chi connectivity index (χ1n) is 13.2. The molecular formula is C28H36N4O6. The number of rotatable bonds is 6. The Morgan fingerprint density at radius 3 is 1.37 bits per heavy atom. The number of aromatic hydroxyl groups is 2. The van der Waals surface area contributed by atoms with E-state index in [1.165, 1.54) is 12.1 Å². The van der Waals surface area contributed by atoms with Crippen LogP contribution in [0.4, 0.5) is 11.4 Å². The number of phenolic OH excluding ortho intramolecular Hbond substituents is 2. The van der Waals surface area contributed by atoms with Crippen LogP contribution in [0.1, 0.15) is 70.4 Å². The molecule has 5 rings (SSSR count). The first kappa shape index (κ1) is 26.4. The van der Waals surface area contributed by atoms with Crippen molar-refractivity contribution in [3.8, 4) is 11.5 Å². The molecule has 2 aromatic carbocycles. The van der Waals surface area contributed by atoms with Crippen LogP contribution in [-0.2, 0) is 0 Å². The minimum atomic E-state index is -0.581. The molecule has 0 heterocycles. The van der Waals surface area contributed by atoms with Crippen LogP contribution in [-0.4, -0.2) is 83.4 Å². The Labute approximate surface area is 222 Å². The van der Waals surface area contributed by atoms with Crippen molar-refractivity contribution >= 4 is 22.9 Å². The van der Waals surface area contributed by atoms with Crippen molar-refractivity contribution in [2.45, 2.75) is 62.7 Å². The van der Waals surface area contributed by atoms with E-state index >= 15 is 0 Å². The van der Waals surface area contributed by atoms with Crippen LogP contribution in [0.15, 0.2) is 24.3 Å². The number of anilines is 2. The summed E-state index contributed by atoms with van der Waals surface area (Å²) in [5.41, 5.74) is 0.542. The van der Waals surface area contributed by atoms with E-state index in [0.717, 1.165) is 38.5 Å². The van der Waals surface area contributed by atoms with Gasteiger partial charge in [-0.1, -0.05) is 0 Å². The lowest BCUT2D eigenvalue weighted by atomic mass is 9.81. The molecule has 4 atom stereocenters. The van der Waals surface area contributed by atoms with Crippen molar-refractivity contribution in [3.05, 3.63) is 56.9 Å². The van der Waals surface area contributed by atoms with Crippen molar-refractivity contribution in [3.63, 3.8) is 0 Å². The summed E-state index contributed by atoms with van der Waals surface area (Å²) in [7, 11) is 6.42. The Hall–Kier alpha value is -3.18. The summed E-state index contributed by atoms with van der Waals surface area (Å²) < 4.78 is -0.952. The number of nitrogens with zero attached hydrogens (tertiary/aromatic N) is 2. The van der Waals surface area contributed by atoms with Gasteiger partial charge in [-0.3, -0.25) is 9.59 Å². The highest BCUT2D eigenvalue weighted by Crippen LogP contribution is 2.44. The molecule has 4 unspecified atom stereocenters. The highest BCUT2D eigenvalue weighted by Gasteiger charge is 2.42. The lowest BCUT2D eigenvalue weighted by molar-refractivity contribution is -0.866. The number of ketones is 2. The van der Waals surface area contributed by atoms with Crippen LogP contribution in [0.5, 0.6) is 11.5 Å². The zero-order valence-corrected chi connectivity index (χ0v) is 22.3. The van der Waals surface area contributed by atoms with Crippen molar-refractivity contribution < 1.29 is 29.1 Å². The van der Waals surface area contributed by atoms with Gasteiger partial charge >= 0.3 is 0 Å². The van der Waals surface area contributed by atoms with E-state index in [2.05, 4.69) is 10.6 Å². The molecule has 4 N–H and O–H groups in total. The van der Waals surface area contributed by atoms with Gasteiger partial charge in [-0.15, -0.1) is 0 Å². The maximum absolute atomic E-state index is 13.9. The maximum atomic E-state index is 13.9. The van der Waals surface area contributed by atoms with Gasteiger partial charge in [0.05, 0.1) is 62.5 Å². The largest absolute Gasteiger partial charge is 0.633 e. The smallest absolute Gasteiger partial charge is 0.200 e. The average molecular weight is 525 g/mol. The van der Waals surface area contributed by atoms with Gasteiger partial charge in [0.25, 0.3) is 0 Å². The molecule has 0 radical (unpaired) electrons. The monoisotopic (exact) mass is 524 g/mol. The molecule has 204 valence electrons. The normalized spacial score (nSPS) is 25.3. The molecule has 3 aliphatic carbocycles. The van der Waals surface area contributed by atoms with Crippen molar-refractivity contribution in [2.75, 3.05) is 38.8 Å². The number of quaternary nitrogens is 2. The molecule has 0 saturated heterocycles. The van der Waals surface area contributed by atoms with E-state index in [1.807, 2.05) is 0 Å². The second-order valence-electron chi connectivity index (χ2n) is 11.8. The summed E-state index contributed by atoms with van der Waals surface area (Å²) in [4.78, 5) is 27.8. The van der Waals surface area contributed by atoms with E-state index in [0.29, 0.717) is 11.4 Å². The standard InChI is InChI=1S/C28H36N4O6/c1-31(2,37)19-9-5-7-15(19)29-17-11-12-18(30-16-8-6-10-20(16)32(3,4)38)24-23(17)27(35)25-21(33)13-14-22(34)26(25)28(24)36/h11-16,19-20,29-30,33-34H,5-10H2,1-4H3. The molecule has 0 amide bonds. The summed E-state index contributed by atoms with van der Waals surface area (Å²) >= 11 is 0. The van der Waals surface area contributed by atoms with Gasteiger partial charge in [0.15, 0.2) is 0 Å². The number of hydrogen-bond donors (Lipinski definition) is 4. The van der Waals surface area contributed by atoms with E-state index in [1.54, 1.807) is 40.3 Å². The fraction of sp³-hybridized carbons (Fsp3) is 0.500. The first-order chi connectivity index (χ1) is 17.8. The van der Waals surface area contributed by atoms with Crippen molar-refractivity contribution in [1.29, 1.82) is 0 Å². The second-order valence-corrected chi connectivity index (χ2v) is 11.8. The Kier molecular flexibility index (Phi) is 6.42. The molecule has 0 spiro atoms. The Morgan fingerprint density at radius 1 is 0.658 bits per heavy atom. The van der Waals surface area contributed by atoms with E-state index in [4.69, 9.17) is 0 Å². The van der Waals surface area contributed by atoms with Crippen LogP contribution in [0.2, 0.25) is 0 Å². The van der Waals surface area contributed by atoms with E-state index in [9.17, 15) is 30.2 Å². The number of carbonyl (C=O) groups excluding carboxylic acids is 2. The number of hydroxylamine groups is 6. The molecule has 0 bridgehead atoms. The van der Waals surface area contributed by atoms with Crippen LogP contribution in [0.3, 0.4) is 0 Å². The molecule has 0 aromatic heterocycles. The Bertz CT molecular complexity index is 1200. The summed E-state index contributed by atoms with van der Waals surface area (Å²) in [6.07, 6.45) is 4.71. The topological polar surface area (TPSA) is 145 Å². The van der Waals surface area contributed by atoms with Gasteiger partial charge in [0.2, 0.25) is 11.6 Å². The zero-order chi connectivity index (χ0) is 27.6. The number of likely N-dealkylation sites (N-methyl/N-ethyl adjacent to an activating group) is 2. The lowest BCUT2D eigenvalue weighted by Gasteiger charge is -2.43. The number of carbonyl (C=O) groups is 2. The third kappa shape index (κ3) is 4.41. The summed E-state index contributed by atoms with van der Waals surface area (Å²) in [6, 6.07) is 4.98. The lowest BCUT2D eigenvalue weighted by Crippen LogP contribution is -2.50. The van der Waals surface area contributed by atoms with Gasteiger partial charge in [0, 0.05) is 24.2 Å². The van der Waals surface area contributed by atoms with Crippen LogP contribution in [0.25, 0.3) is 0 Å². The minimum Gasteiger partial charge on any atom is -0.633 e. The fourth-order valence-corrected chi connectivity index (χ4v) is 6.71. The van der Waals surface area contributed by atoms with Crippen LogP contribution >= 0.6 is 0 Å². The van der Waals surface area contributed by atoms with Gasteiger partial charge in [0.1, 0.15) is 23.6 Å². The van der Waals surface area contributed by atoms with Crippen molar-refractivity contribution in [2.24, 2.45) is 0 Å². The zero-order valence-electron chi connectivity index (χ0n) is 22.3. The van der Waals surface area contributed by atoms with Crippen LogP contribution < -0.4 is 10.6 Å². The minimum absolute atomic E-state index is 0.0978. The predicted molar refractivity (Wildman–Crippen MR) is 144 cm³/mol. The number of nitrogens with one attached hydrogen (secondary N) is 2. The molecule has 2 saturated carbocycles. The molecule has 10 nitrogen and oxygen atoms in total. The maximum Gasteiger partial charge on any atom is 0.200 e. The molecular weight excluding hydrogens is 488 g/mol. The highest BCUT2D eigenvalue weighted by atomic mass is 16.5. The summed E-state index contributed by atoms with van der Waals surface area (Å²) in [5, 5.41) is 53.4. The number of phenols is 2. The fourth-order valence-electron chi connectivity index (χ4n) is 6.71. The number of hydrogen-bond acceptors (Lipinski definition) is 8. The molecule has 2 aromatic rings. The van der Waals surface area contributed by atoms with Gasteiger partial charge < -0.3 is 40.6 Å². The van der Waals surface area contributed by atoms with Crippen LogP contribution in [0, 0.1) is 10.4 Å². The SMILES string of the molecule is C[N+](C)([O-])C1CCCC1Nc1ccc(NC2CCCC2[N+](C)(C)[O-])c2c1C(=O)c1c(O)ccc(O)c1C2=O. The molecule has 3 aliphatic rings. The number of benzene rings is 2. The third-order valence-corrected chi connectivity index (χ3v) is 8.51. The summed E-state index contributed by atoms with van der Waals surface area (Å²) in [5.74, 6) is -1.93. The number of fused-ring (bicyclic) bond motifs is 2. The first-order valence-corrected chi connectivity index (χ1v) is 13.2. The van der Waals surface area contributed by atoms with Gasteiger partial charge in [-0.25, -0.2) is 0 Å². The van der Waals surface area contributed by atoms with E-state index < -0.39 is 20.9 Å². The molecule has 2 fully saturated rings. The van der Waals surface area contributed by atoms with Crippen molar-refractivity contribution in [1.82, 2.24) is 0 Å². The predicted octanol–water partition coefficient (Wildman–Crippen LogP) is 3.69. The molecule has 10 heteroatoms.